The zero-order valence-electron chi connectivity index (χ0n) is 12.8. The average Bonchev–Trinajstić information content (AvgIpc) is 2.71. The number of aromatic nitrogens is 2. The van der Waals surface area contributed by atoms with Crippen LogP contribution >= 0.6 is 0 Å². The molecular weight excluding hydrogens is 269 g/mol. The molecule has 0 saturated carbocycles. The summed E-state index contributed by atoms with van der Waals surface area (Å²) in [5.41, 5.74) is 2.51. The SMILES string of the molecule is Cc1nn(-c2cccc(F)c2)c(C)c1C(=O)NCC(C)C. The largest absolute Gasteiger partial charge is 0.352 e. The molecule has 0 aliphatic heterocycles. The molecule has 0 unspecified atom stereocenters. The van der Waals surface area contributed by atoms with Gasteiger partial charge in [0.05, 0.1) is 22.6 Å². The zero-order chi connectivity index (χ0) is 15.6. The summed E-state index contributed by atoms with van der Waals surface area (Å²) in [5, 5.41) is 7.25. The molecule has 1 aromatic heterocycles. The first-order valence-electron chi connectivity index (χ1n) is 7.00. The summed E-state index contributed by atoms with van der Waals surface area (Å²) < 4.78 is 14.9. The minimum Gasteiger partial charge on any atom is -0.352 e. The maximum absolute atomic E-state index is 13.3. The molecule has 1 N–H and O–H groups in total. The molecule has 4 nitrogen and oxygen atoms in total. The molecule has 1 aromatic carbocycles. The molecule has 21 heavy (non-hydrogen) atoms. The van der Waals surface area contributed by atoms with Gasteiger partial charge in [0.15, 0.2) is 0 Å². The Morgan fingerprint density at radius 1 is 1.38 bits per heavy atom. The second-order valence-electron chi connectivity index (χ2n) is 5.54. The van der Waals surface area contributed by atoms with E-state index in [0.717, 1.165) is 0 Å². The van der Waals surface area contributed by atoms with E-state index in [-0.39, 0.29) is 11.7 Å². The van der Waals surface area contributed by atoms with E-state index < -0.39 is 0 Å². The highest BCUT2D eigenvalue weighted by Gasteiger charge is 2.19. The van der Waals surface area contributed by atoms with Crippen LogP contribution in [0.15, 0.2) is 24.3 Å². The van der Waals surface area contributed by atoms with Crippen molar-refractivity contribution in [1.29, 1.82) is 0 Å². The number of nitrogens with one attached hydrogen (secondary N) is 1. The molecule has 2 rings (SSSR count). The smallest absolute Gasteiger partial charge is 0.255 e. The first-order chi connectivity index (χ1) is 9.90. The van der Waals surface area contributed by atoms with Crippen LogP contribution in [-0.2, 0) is 0 Å². The summed E-state index contributed by atoms with van der Waals surface area (Å²) in [7, 11) is 0. The first kappa shape index (κ1) is 15.2. The molecule has 1 heterocycles. The van der Waals surface area contributed by atoms with Crippen LogP contribution in [0.5, 0.6) is 0 Å². The molecule has 1 amide bonds. The normalized spacial score (nSPS) is 11.0. The molecule has 0 aliphatic rings. The van der Waals surface area contributed by atoms with Crippen molar-refractivity contribution in [3.05, 3.63) is 47.0 Å². The number of carbonyl (C=O) groups is 1. The summed E-state index contributed by atoms with van der Waals surface area (Å²) in [5.74, 6) is -0.0833. The van der Waals surface area contributed by atoms with E-state index in [0.29, 0.717) is 35.1 Å². The second kappa shape index (κ2) is 6.08. The van der Waals surface area contributed by atoms with Crippen molar-refractivity contribution in [2.75, 3.05) is 6.54 Å². The minimum atomic E-state index is -0.328. The summed E-state index contributed by atoms with van der Waals surface area (Å²) >= 11 is 0. The van der Waals surface area contributed by atoms with Crippen LogP contribution < -0.4 is 5.32 Å². The van der Waals surface area contributed by atoms with Gasteiger partial charge in [-0.05, 0) is 38.0 Å². The van der Waals surface area contributed by atoms with Gasteiger partial charge in [0, 0.05) is 6.54 Å². The molecule has 0 aliphatic carbocycles. The zero-order valence-corrected chi connectivity index (χ0v) is 12.8. The molecule has 0 saturated heterocycles. The van der Waals surface area contributed by atoms with Gasteiger partial charge in [0.1, 0.15) is 5.82 Å². The van der Waals surface area contributed by atoms with Crippen LogP contribution in [0.4, 0.5) is 4.39 Å². The fraction of sp³-hybridized carbons (Fsp3) is 0.375. The maximum Gasteiger partial charge on any atom is 0.255 e. The van der Waals surface area contributed by atoms with Crippen molar-refractivity contribution in [1.82, 2.24) is 15.1 Å². The predicted octanol–water partition coefficient (Wildman–Crippen LogP) is 3.01. The lowest BCUT2D eigenvalue weighted by atomic mass is 10.1. The molecular formula is C16H20FN3O. The third-order valence-corrected chi connectivity index (χ3v) is 3.24. The molecule has 0 atom stereocenters. The van der Waals surface area contributed by atoms with Gasteiger partial charge >= 0.3 is 0 Å². The lowest BCUT2D eigenvalue weighted by molar-refractivity contribution is 0.0948. The van der Waals surface area contributed by atoms with E-state index >= 15 is 0 Å². The predicted molar refractivity (Wildman–Crippen MR) is 80.2 cm³/mol. The number of hydrogen-bond donors (Lipinski definition) is 1. The van der Waals surface area contributed by atoms with Crippen LogP contribution in [0, 0.1) is 25.6 Å². The number of benzene rings is 1. The highest BCUT2D eigenvalue weighted by atomic mass is 19.1. The molecule has 2 aromatic rings. The standard InChI is InChI=1S/C16H20FN3O/c1-10(2)9-18-16(21)15-11(3)19-20(12(15)4)14-7-5-6-13(17)8-14/h5-8,10H,9H2,1-4H3,(H,18,21). The van der Waals surface area contributed by atoms with Gasteiger partial charge in [0.2, 0.25) is 0 Å². The van der Waals surface area contributed by atoms with Gasteiger partial charge < -0.3 is 5.32 Å². The van der Waals surface area contributed by atoms with Gasteiger partial charge in [-0.3, -0.25) is 4.79 Å². The molecule has 0 radical (unpaired) electrons. The van der Waals surface area contributed by atoms with Crippen LogP contribution in [0.2, 0.25) is 0 Å². The monoisotopic (exact) mass is 289 g/mol. The van der Waals surface area contributed by atoms with Crippen molar-refractivity contribution in [3.63, 3.8) is 0 Å². The summed E-state index contributed by atoms with van der Waals surface area (Å²) in [6.07, 6.45) is 0. The summed E-state index contributed by atoms with van der Waals surface area (Å²) in [6, 6.07) is 6.17. The lowest BCUT2D eigenvalue weighted by Crippen LogP contribution is -2.28. The molecule has 0 bridgehead atoms. The van der Waals surface area contributed by atoms with Crippen LogP contribution in [0.1, 0.15) is 35.6 Å². The molecule has 0 spiro atoms. The Morgan fingerprint density at radius 2 is 2.10 bits per heavy atom. The maximum atomic E-state index is 13.3. The molecule has 112 valence electrons. The van der Waals surface area contributed by atoms with Crippen LogP contribution in [0.25, 0.3) is 5.69 Å². The number of carbonyl (C=O) groups excluding carboxylic acids is 1. The van der Waals surface area contributed by atoms with E-state index in [1.165, 1.54) is 12.1 Å². The minimum absolute atomic E-state index is 0.138. The van der Waals surface area contributed by atoms with Crippen LogP contribution in [0.3, 0.4) is 0 Å². The van der Waals surface area contributed by atoms with Crippen molar-refractivity contribution in [2.24, 2.45) is 5.92 Å². The fourth-order valence-electron chi connectivity index (χ4n) is 2.22. The Morgan fingerprint density at radius 3 is 2.71 bits per heavy atom. The van der Waals surface area contributed by atoms with Gasteiger partial charge in [-0.2, -0.15) is 5.10 Å². The number of rotatable bonds is 4. The number of hydrogen-bond acceptors (Lipinski definition) is 2. The topological polar surface area (TPSA) is 46.9 Å². The number of nitrogens with zero attached hydrogens (tertiary/aromatic N) is 2. The Kier molecular flexibility index (Phi) is 4.40. The summed E-state index contributed by atoms with van der Waals surface area (Å²) in [4.78, 5) is 12.3. The van der Waals surface area contributed by atoms with E-state index in [1.54, 1.807) is 23.7 Å². The summed E-state index contributed by atoms with van der Waals surface area (Å²) in [6.45, 7) is 8.29. The Balaban J connectivity index is 2.36. The Hall–Kier alpha value is -2.17. The third kappa shape index (κ3) is 3.29. The third-order valence-electron chi connectivity index (χ3n) is 3.24. The van der Waals surface area contributed by atoms with Gasteiger partial charge in [-0.15, -0.1) is 0 Å². The fourth-order valence-corrected chi connectivity index (χ4v) is 2.22. The quantitative estimate of drug-likeness (QED) is 0.940. The number of amides is 1. The van der Waals surface area contributed by atoms with E-state index in [1.807, 2.05) is 20.8 Å². The average molecular weight is 289 g/mol. The van der Waals surface area contributed by atoms with E-state index in [2.05, 4.69) is 10.4 Å². The molecule has 0 fully saturated rings. The van der Waals surface area contributed by atoms with Gasteiger partial charge in [-0.1, -0.05) is 19.9 Å². The Labute approximate surface area is 124 Å². The van der Waals surface area contributed by atoms with E-state index in [4.69, 9.17) is 0 Å². The van der Waals surface area contributed by atoms with Crippen molar-refractivity contribution >= 4 is 5.91 Å². The number of aryl methyl sites for hydroxylation is 1. The van der Waals surface area contributed by atoms with Crippen molar-refractivity contribution < 1.29 is 9.18 Å². The lowest BCUT2D eigenvalue weighted by Gasteiger charge is -2.08. The van der Waals surface area contributed by atoms with Crippen LogP contribution in [-0.4, -0.2) is 22.2 Å². The van der Waals surface area contributed by atoms with E-state index in [9.17, 15) is 9.18 Å². The van der Waals surface area contributed by atoms with Gasteiger partial charge in [0.25, 0.3) is 5.91 Å². The first-order valence-corrected chi connectivity index (χ1v) is 7.00. The van der Waals surface area contributed by atoms with Crippen molar-refractivity contribution in [2.45, 2.75) is 27.7 Å². The van der Waals surface area contributed by atoms with Crippen molar-refractivity contribution in [3.8, 4) is 5.69 Å². The second-order valence-corrected chi connectivity index (χ2v) is 5.54. The van der Waals surface area contributed by atoms with Gasteiger partial charge in [-0.25, -0.2) is 9.07 Å². The Bertz CT molecular complexity index is 662. The number of halogens is 1. The molecule has 5 heteroatoms. The highest BCUT2D eigenvalue weighted by Crippen LogP contribution is 2.18. The highest BCUT2D eigenvalue weighted by molar-refractivity contribution is 5.96.